The second-order valence-electron chi connectivity index (χ2n) is 5.93. The summed E-state index contributed by atoms with van der Waals surface area (Å²) in [6.07, 6.45) is 2.16. The van der Waals surface area contributed by atoms with Crippen molar-refractivity contribution < 1.29 is 4.79 Å². The Balaban J connectivity index is 1.63. The summed E-state index contributed by atoms with van der Waals surface area (Å²) in [6, 6.07) is 11.9. The number of amides is 1. The Kier molecular flexibility index (Phi) is 3.34. The lowest BCUT2D eigenvalue weighted by Gasteiger charge is -2.01. The molecule has 0 saturated heterocycles. The number of rotatable bonds is 4. The van der Waals surface area contributed by atoms with E-state index in [1.54, 1.807) is 16.2 Å². The molecule has 0 unspecified atom stereocenters. The summed E-state index contributed by atoms with van der Waals surface area (Å²) in [7, 11) is 1.78. The zero-order valence-electron chi connectivity index (χ0n) is 12.8. The van der Waals surface area contributed by atoms with Gasteiger partial charge in [0.25, 0.3) is 5.91 Å². The molecule has 1 aliphatic carbocycles. The molecule has 23 heavy (non-hydrogen) atoms. The SMILES string of the molecule is Cn1c(=O)n(Cc2ccc(C(=O)NC3CC3)s2)c2ccccc21. The van der Waals surface area contributed by atoms with Crippen LogP contribution in [-0.4, -0.2) is 21.1 Å². The van der Waals surface area contributed by atoms with Gasteiger partial charge in [-0.05, 0) is 37.1 Å². The summed E-state index contributed by atoms with van der Waals surface area (Å²) in [5.41, 5.74) is 1.79. The molecule has 0 bridgehead atoms. The van der Waals surface area contributed by atoms with Crippen molar-refractivity contribution in [2.24, 2.45) is 7.05 Å². The zero-order valence-corrected chi connectivity index (χ0v) is 13.6. The Hall–Kier alpha value is -2.34. The largest absolute Gasteiger partial charge is 0.349 e. The molecule has 0 spiro atoms. The number of fused-ring (bicyclic) bond motifs is 1. The Morgan fingerprint density at radius 2 is 1.96 bits per heavy atom. The van der Waals surface area contributed by atoms with Crippen LogP contribution >= 0.6 is 11.3 Å². The van der Waals surface area contributed by atoms with Crippen molar-refractivity contribution >= 4 is 28.3 Å². The molecule has 4 rings (SSSR count). The van der Waals surface area contributed by atoms with Crippen LogP contribution in [0, 0.1) is 0 Å². The number of thiophene rings is 1. The van der Waals surface area contributed by atoms with Crippen LogP contribution in [0.25, 0.3) is 11.0 Å². The van der Waals surface area contributed by atoms with Crippen LogP contribution in [0.2, 0.25) is 0 Å². The highest BCUT2D eigenvalue weighted by Gasteiger charge is 2.24. The predicted octanol–water partition coefficient (Wildman–Crippen LogP) is 2.34. The number of aryl methyl sites for hydroxylation is 1. The monoisotopic (exact) mass is 327 g/mol. The van der Waals surface area contributed by atoms with Crippen LogP contribution in [0.5, 0.6) is 0 Å². The number of benzene rings is 1. The first-order chi connectivity index (χ1) is 11.1. The van der Waals surface area contributed by atoms with E-state index in [1.165, 1.54) is 11.3 Å². The molecule has 1 saturated carbocycles. The molecule has 0 atom stereocenters. The molecule has 2 aromatic heterocycles. The molecule has 0 radical (unpaired) electrons. The molecule has 5 nitrogen and oxygen atoms in total. The van der Waals surface area contributed by atoms with Gasteiger partial charge in [0, 0.05) is 18.0 Å². The van der Waals surface area contributed by atoms with Gasteiger partial charge < -0.3 is 5.32 Å². The standard InChI is InChI=1S/C17H17N3O2S/c1-19-13-4-2-3-5-14(13)20(17(19)22)10-12-8-9-15(23-12)16(21)18-11-6-7-11/h2-5,8-9,11H,6-7,10H2,1H3,(H,18,21). The molecule has 2 heterocycles. The summed E-state index contributed by atoms with van der Waals surface area (Å²) >= 11 is 1.45. The lowest BCUT2D eigenvalue weighted by Crippen LogP contribution is -2.24. The number of hydrogen-bond donors (Lipinski definition) is 1. The Bertz CT molecular complexity index is 946. The van der Waals surface area contributed by atoms with Crippen molar-refractivity contribution in [3.63, 3.8) is 0 Å². The number of nitrogens with one attached hydrogen (secondary N) is 1. The first kappa shape index (κ1) is 14.3. The van der Waals surface area contributed by atoms with E-state index in [9.17, 15) is 9.59 Å². The van der Waals surface area contributed by atoms with Crippen LogP contribution < -0.4 is 11.0 Å². The summed E-state index contributed by atoms with van der Waals surface area (Å²) < 4.78 is 3.41. The molecule has 1 fully saturated rings. The minimum atomic E-state index is -0.0384. The van der Waals surface area contributed by atoms with Gasteiger partial charge in [-0.25, -0.2) is 4.79 Å². The summed E-state index contributed by atoms with van der Waals surface area (Å²) in [4.78, 5) is 26.2. The van der Waals surface area contributed by atoms with E-state index in [4.69, 9.17) is 0 Å². The Morgan fingerprint density at radius 1 is 1.22 bits per heavy atom. The van der Waals surface area contributed by atoms with Gasteiger partial charge >= 0.3 is 5.69 Å². The molecule has 6 heteroatoms. The highest BCUT2D eigenvalue weighted by atomic mass is 32.1. The maximum absolute atomic E-state index is 12.4. The van der Waals surface area contributed by atoms with E-state index in [2.05, 4.69) is 5.32 Å². The lowest BCUT2D eigenvalue weighted by atomic mass is 10.3. The summed E-state index contributed by atoms with van der Waals surface area (Å²) in [5, 5.41) is 2.99. The maximum atomic E-state index is 12.4. The number of nitrogens with zero attached hydrogens (tertiary/aromatic N) is 2. The van der Waals surface area contributed by atoms with Crippen molar-refractivity contribution in [3.8, 4) is 0 Å². The molecule has 1 aromatic carbocycles. The van der Waals surface area contributed by atoms with Crippen LogP contribution in [0.4, 0.5) is 0 Å². The minimum absolute atomic E-state index is 0.00554. The number of carbonyl (C=O) groups is 1. The van der Waals surface area contributed by atoms with Crippen LogP contribution in [0.1, 0.15) is 27.4 Å². The third-order valence-electron chi connectivity index (χ3n) is 4.16. The van der Waals surface area contributed by atoms with Crippen LogP contribution in [0.3, 0.4) is 0 Å². The van der Waals surface area contributed by atoms with Gasteiger partial charge in [0.2, 0.25) is 0 Å². The van der Waals surface area contributed by atoms with E-state index < -0.39 is 0 Å². The van der Waals surface area contributed by atoms with E-state index in [-0.39, 0.29) is 11.6 Å². The Labute approximate surface area is 137 Å². The zero-order chi connectivity index (χ0) is 16.0. The number of aromatic nitrogens is 2. The summed E-state index contributed by atoms with van der Waals surface area (Å²) in [6.45, 7) is 0.488. The van der Waals surface area contributed by atoms with Gasteiger partial charge in [-0.3, -0.25) is 13.9 Å². The first-order valence-corrected chi connectivity index (χ1v) is 8.49. The molecule has 3 aromatic rings. The van der Waals surface area contributed by atoms with Crippen molar-refractivity contribution in [2.45, 2.75) is 25.4 Å². The van der Waals surface area contributed by atoms with Crippen molar-refractivity contribution in [1.82, 2.24) is 14.5 Å². The number of hydrogen-bond acceptors (Lipinski definition) is 3. The molecule has 0 aliphatic heterocycles. The maximum Gasteiger partial charge on any atom is 0.329 e. The Morgan fingerprint density at radius 3 is 2.70 bits per heavy atom. The second-order valence-corrected chi connectivity index (χ2v) is 7.10. The topological polar surface area (TPSA) is 56.0 Å². The van der Waals surface area contributed by atoms with Crippen molar-refractivity contribution in [3.05, 3.63) is 56.6 Å². The van der Waals surface area contributed by atoms with Crippen LogP contribution in [-0.2, 0) is 13.6 Å². The van der Waals surface area contributed by atoms with Gasteiger partial charge in [0.15, 0.2) is 0 Å². The van der Waals surface area contributed by atoms with E-state index in [0.29, 0.717) is 17.5 Å². The smallest absolute Gasteiger partial charge is 0.329 e. The quantitative estimate of drug-likeness (QED) is 0.800. The van der Waals surface area contributed by atoms with E-state index in [1.807, 2.05) is 36.4 Å². The van der Waals surface area contributed by atoms with E-state index in [0.717, 1.165) is 28.8 Å². The summed E-state index contributed by atoms with van der Waals surface area (Å²) in [5.74, 6) is -0.00554. The highest BCUT2D eigenvalue weighted by molar-refractivity contribution is 7.14. The predicted molar refractivity (Wildman–Crippen MR) is 91.1 cm³/mol. The fraction of sp³-hybridized carbons (Fsp3) is 0.294. The molecular formula is C17H17N3O2S. The fourth-order valence-corrected chi connectivity index (χ4v) is 3.64. The molecule has 118 valence electrons. The number of carbonyl (C=O) groups excluding carboxylic acids is 1. The highest BCUT2D eigenvalue weighted by Crippen LogP contribution is 2.23. The minimum Gasteiger partial charge on any atom is -0.349 e. The lowest BCUT2D eigenvalue weighted by molar-refractivity contribution is 0.0955. The van der Waals surface area contributed by atoms with Crippen molar-refractivity contribution in [2.75, 3.05) is 0 Å². The number of para-hydroxylation sites is 2. The second kappa shape index (κ2) is 5.38. The van der Waals surface area contributed by atoms with Gasteiger partial charge in [0.1, 0.15) is 0 Å². The fourth-order valence-electron chi connectivity index (χ4n) is 2.74. The third kappa shape index (κ3) is 2.59. The number of imidazole rings is 1. The normalized spacial score (nSPS) is 14.3. The first-order valence-electron chi connectivity index (χ1n) is 7.67. The molecule has 1 aliphatic rings. The van der Waals surface area contributed by atoms with Gasteiger partial charge in [0.05, 0.1) is 22.5 Å². The molecule has 1 N–H and O–H groups in total. The third-order valence-corrected chi connectivity index (χ3v) is 5.23. The van der Waals surface area contributed by atoms with Gasteiger partial charge in [-0.15, -0.1) is 11.3 Å². The van der Waals surface area contributed by atoms with Gasteiger partial charge in [-0.1, -0.05) is 12.1 Å². The van der Waals surface area contributed by atoms with Crippen LogP contribution in [0.15, 0.2) is 41.2 Å². The van der Waals surface area contributed by atoms with Gasteiger partial charge in [-0.2, -0.15) is 0 Å². The van der Waals surface area contributed by atoms with E-state index >= 15 is 0 Å². The average molecular weight is 327 g/mol. The van der Waals surface area contributed by atoms with Crippen molar-refractivity contribution in [1.29, 1.82) is 0 Å². The average Bonchev–Trinajstić information content (AvgIpc) is 3.19. The molecule has 1 amide bonds. The molecular weight excluding hydrogens is 310 g/mol.